The highest BCUT2D eigenvalue weighted by Crippen LogP contribution is 2.35. The molecule has 0 bridgehead atoms. The summed E-state index contributed by atoms with van der Waals surface area (Å²) in [5.41, 5.74) is 0.802. The molecule has 1 amide bonds. The Kier molecular flexibility index (Phi) is 4.72. The molecular weight excluding hydrogens is 314 g/mol. The summed E-state index contributed by atoms with van der Waals surface area (Å²) in [5, 5.41) is 17.4. The molecule has 0 saturated carbocycles. The predicted octanol–water partition coefficient (Wildman–Crippen LogP) is 1.63. The first-order chi connectivity index (χ1) is 11.1. The Morgan fingerprint density at radius 3 is 2.83 bits per heavy atom. The molecule has 3 heterocycles. The van der Waals surface area contributed by atoms with Gasteiger partial charge in [0.2, 0.25) is 5.91 Å². The van der Waals surface area contributed by atoms with Crippen LogP contribution in [0, 0.1) is 13.8 Å². The van der Waals surface area contributed by atoms with Gasteiger partial charge in [0, 0.05) is 41.3 Å². The number of aromatic nitrogens is 4. The van der Waals surface area contributed by atoms with Crippen molar-refractivity contribution in [3.05, 3.63) is 27.2 Å². The Morgan fingerprint density at radius 2 is 2.22 bits per heavy atom. The molecule has 0 aromatic carbocycles. The number of carbonyl (C=O) groups excluding carboxylic acids is 1. The fourth-order valence-corrected chi connectivity index (χ4v) is 4.00. The van der Waals surface area contributed by atoms with Gasteiger partial charge in [-0.3, -0.25) is 4.79 Å². The molecule has 0 atom stereocenters. The first kappa shape index (κ1) is 16.1. The molecule has 0 unspecified atom stereocenters. The number of aryl methyl sites for hydroxylation is 2. The molecule has 1 aliphatic heterocycles. The minimum atomic E-state index is -0.380. The summed E-state index contributed by atoms with van der Waals surface area (Å²) in [6.07, 6.45) is 1.82. The highest BCUT2D eigenvalue weighted by molar-refractivity contribution is 7.12. The summed E-state index contributed by atoms with van der Waals surface area (Å²) >= 11 is 1.75. The van der Waals surface area contributed by atoms with Gasteiger partial charge in [-0.15, -0.1) is 21.5 Å². The first-order valence-electron chi connectivity index (χ1n) is 7.73. The number of carbonyl (C=O) groups is 1. The Morgan fingerprint density at radius 1 is 1.43 bits per heavy atom. The summed E-state index contributed by atoms with van der Waals surface area (Å²) in [6, 6.07) is 2.13. The van der Waals surface area contributed by atoms with Gasteiger partial charge in [0.1, 0.15) is 0 Å². The van der Waals surface area contributed by atoms with E-state index in [1.54, 1.807) is 11.3 Å². The van der Waals surface area contributed by atoms with Crippen LogP contribution in [0.2, 0.25) is 0 Å². The molecule has 8 heteroatoms. The third-order valence-corrected chi connectivity index (χ3v) is 5.40. The van der Waals surface area contributed by atoms with Crippen LogP contribution in [0.5, 0.6) is 0 Å². The maximum atomic E-state index is 12.5. The van der Waals surface area contributed by atoms with E-state index in [9.17, 15) is 4.79 Å². The fourth-order valence-electron chi connectivity index (χ4n) is 3.05. The van der Waals surface area contributed by atoms with Gasteiger partial charge in [-0.2, -0.15) is 5.21 Å². The van der Waals surface area contributed by atoms with E-state index in [1.165, 1.54) is 15.3 Å². The van der Waals surface area contributed by atoms with Crippen LogP contribution in [0.1, 0.15) is 40.4 Å². The number of hydrogen-bond acceptors (Lipinski definition) is 6. The Hall–Kier alpha value is -1.80. The van der Waals surface area contributed by atoms with Crippen LogP contribution in [-0.4, -0.2) is 39.7 Å². The van der Waals surface area contributed by atoms with E-state index in [-0.39, 0.29) is 11.3 Å². The number of nitrogens with one attached hydrogen (secondary N) is 2. The van der Waals surface area contributed by atoms with Crippen molar-refractivity contribution < 1.29 is 9.53 Å². The fraction of sp³-hybridized carbons (Fsp3) is 0.600. The number of amides is 1. The SMILES string of the molecule is Cc1cc(CNC(=O)CC2(c3nn[nH]n3)CCOCC2)c(C)s1. The van der Waals surface area contributed by atoms with Crippen molar-refractivity contribution >= 4 is 17.2 Å². The van der Waals surface area contributed by atoms with Crippen molar-refractivity contribution in [2.75, 3.05) is 13.2 Å². The van der Waals surface area contributed by atoms with Crippen molar-refractivity contribution in [2.45, 2.75) is 45.1 Å². The molecule has 1 aliphatic rings. The largest absolute Gasteiger partial charge is 0.381 e. The predicted molar refractivity (Wildman–Crippen MR) is 86.2 cm³/mol. The van der Waals surface area contributed by atoms with E-state index >= 15 is 0 Å². The molecule has 0 spiro atoms. The molecule has 23 heavy (non-hydrogen) atoms. The average molecular weight is 335 g/mol. The summed E-state index contributed by atoms with van der Waals surface area (Å²) < 4.78 is 5.44. The number of H-pyrrole nitrogens is 1. The van der Waals surface area contributed by atoms with Crippen molar-refractivity contribution in [1.29, 1.82) is 0 Å². The second-order valence-electron chi connectivity index (χ2n) is 6.02. The summed E-state index contributed by atoms with van der Waals surface area (Å²) in [4.78, 5) is 15.0. The molecule has 0 radical (unpaired) electrons. The summed E-state index contributed by atoms with van der Waals surface area (Å²) in [6.45, 7) is 5.96. The van der Waals surface area contributed by atoms with Crippen LogP contribution in [0.4, 0.5) is 0 Å². The van der Waals surface area contributed by atoms with Crippen LogP contribution in [0.15, 0.2) is 6.07 Å². The van der Waals surface area contributed by atoms with Crippen LogP contribution in [0.25, 0.3) is 0 Å². The van der Waals surface area contributed by atoms with Gasteiger partial charge in [0.25, 0.3) is 0 Å². The van der Waals surface area contributed by atoms with Gasteiger partial charge in [-0.05, 0) is 38.3 Å². The Bertz CT molecular complexity index is 661. The standard InChI is InChI=1S/C15H21N5O2S/c1-10-7-12(11(2)23-10)9-16-13(21)8-15(3-5-22-6-4-15)14-17-19-20-18-14/h7H,3-6,8-9H2,1-2H3,(H,16,21)(H,17,18,19,20). The Balaban J connectivity index is 1.66. The lowest BCUT2D eigenvalue weighted by Gasteiger charge is -2.33. The summed E-state index contributed by atoms with van der Waals surface area (Å²) in [5.74, 6) is 0.624. The molecule has 2 aromatic rings. The number of aromatic amines is 1. The quantitative estimate of drug-likeness (QED) is 0.866. The molecule has 1 fully saturated rings. The molecular formula is C15H21N5O2S. The van der Waals surface area contributed by atoms with E-state index in [4.69, 9.17) is 4.74 Å². The van der Waals surface area contributed by atoms with Gasteiger partial charge in [-0.1, -0.05) is 5.21 Å². The minimum absolute atomic E-state index is 0.0138. The molecule has 3 rings (SSSR count). The smallest absolute Gasteiger partial charge is 0.221 e. The number of tetrazole rings is 1. The molecule has 0 aliphatic carbocycles. The topological polar surface area (TPSA) is 92.8 Å². The second-order valence-corrected chi connectivity index (χ2v) is 7.48. The zero-order valence-corrected chi connectivity index (χ0v) is 14.2. The van der Waals surface area contributed by atoms with Crippen LogP contribution in [0.3, 0.4) is 0 Å². The zero-order valence-electron chi connectivity index (χ0n) is 13.4. The average Bonchev–Trinajstić information content (AvgIpc) is 3.16. The Labute approximate surface area is 138 Å². The maximum Gasteiger partial charge on any atom is 0.221 e. The lowest BCUT2D eigenvalue weighted by molar-refractivity contribution is -0.123. The van der Waals surface area contributed by atoms with Gasteiger partial charge in [0.05, 0.1) is 0 Å². The van der Waals surface area contributed by atoms with Crippen LogP contribution >= 0.6 is 11.3 Å². The number of ether oxygens (including phenoxy) is 1. The lowest BCUT2D eigenvalue weighted by atomic mass is 9.76. The highest BCUT2D eigenvalue weighted by atomic mass is 32.1. The molecule has 124 valence electrons. The third-order valence-electron chi connectivity index (χ3n) is 4.39. The van der Waals surface area contributed by atoms with Gasteiger partial charge in [0.15, 0.2) is 5.82 Å². The van der Waals surface area contributed by atoms with Crippen LogP contribution < -0.4 is 5.32 Å². The normalized spacial score (nSPS) is 17.1. The molecule has 1 saturated heterocycles. The monoisotopic (exact) mass is 335 g/mol. The van der Waals surface area contributed by atoms with E-state index in [1.807, 2.05) is 0 Å². The van der Waals surface area contributed by atoms with Gasteiger partial charge < -0.3 is 10.1 Å². The first-order valence-corrected chi connectivity index (χ1v) is 8.55. The van der Waals surface area contributed by atoms with Crippen molar-refractivity contribution in [3.63, 3.8) is 0 Å². The van der Waals surface area contributed by atoms with Crippen molar-refractivity contribution in [2.24, 2.45) is 0 Å². The van der Waals surface area contributed by atoms with E-state index in [0.29, 0.717) is 32.0 Å². The maximum absolute atomic E-state index is 12.5. The van der Waals surface area contributed by atoms with Gasteiger partial charge >= 0.3 is 0 Å². The van der Waals surface area contributed by atoms with Crippen molar-refractivity contribution in [3.8, 4) is 0 Å². The number of nitrogens with zero attached hydrogens (tertiary/aromatic N) is 3. The van der Waals surface area contributed by atoms with E-state index in [2.05, 4.69) is 45.9 Å². The number of thiophene rings is 1. The molecule has 2 N–H and O–H groups in total. The highest BCUT2D eigenvalue weighted by Gasteiger charge is 2.40. The van der Waals surface area contributed by atoms with E-state index < -0.39 is 0 Å². The summed E-state index contributed by atoms with van der Waals surface area (Å²) in [7, 11) is 0. The van der Waals surface area contributed by atoms with Crippen LogP contribution in [-0.2, 0) is 21.5 Å². The second kappa shape index (κ2) is 6.76. The number of hydrogen-bond donors (Lipinski definition) is 2. The van der Waals surface area contributed by atoms with E-state index in [0.717, 1.165) is 12.8 Å². The molecule has 7 nitrogen and oxygen atoms in total. The zero-order chi connectivity index (χ0) is 16.3. The third kappa shape index (κ3) is 3.59. The molecule has 2 aromatic heterocycles. The number of rotatable bonds is 5. The van der Waals surface area contributed by atoms with Gasteiger partial charge in [-0.25, -0.2) is 0 Å². The minimum Gasteiger partial charge on any atom is -0.381 e. The van der Waals surface area contributed by atoms with Crippen molar-refractivity contribution in [1.82, 2.24) is 25.9 Å². The lowest BCUT2D eigenvalue weighted by Crippen LogP contribution is -2.40.